The van der Waals surface area contributed by atoms with Crippen molar-refractivity contribution in [3.8, 4) is 5.75 Å². The van der Waals surface area contributed by atoms with Crippen molar-refractivity contribution in [3.05, 3.63) is 29.8 Å². The lowest BCUT2D eigenvalue weighted by atomic mass is 9.95. The molecule has 1 aromatic carbocycles. The Morgan fingerprint density at radius 3 is 2.65 bits per heavy atom. The van der Waals surface area contributed by atoms with Crippen molar-refractivity contribution in [1.82, 2.24) is 5.32 Å². The molecule has 0 radical (unpaired) electrons. The summed E-state index contributed by atoms with van der Waals surface area (Å²) in [5.41, 5.74) is 0.863. The zero-order valence-corrected chi connectivity index (χ0v) is 9.55. The zero-order chi connectivity index (χ0) is 12.7. The van der Waals surface area contributed by atoms with E-state index in [4.69, 9.17) is 0 Å². The third-order valence-corrected chi connectivity index (χ3v) is 2.45. The molecule has 17 heavy (non-hydrogen) atoms. The normalized spacial score (nSPS) is 11.6. The molecule has 0 saturated carbocycles. The van der Waals surface area contributed by atoms with Crippen LogP contribution < -0.4 is 5.32 Å². The van der Waals surface area contributed by atoms with E-state index in [0.717, 1.165) is 5.56 Å². The van der Waals surface area contributed by atoms with Crippen LogP contribution in [0.4, 0.5) is 0 Å². The molecule has 1 rings (SSSR count). The minimum absolute atomic E-state index is 0.159. The van der Waals surface area contributed by atoms with E-state index in [1.54, 1.807) is 24.3 Å². The summed E-state index contributed by atoms with van der Waals surface area (Å²) in [4.78, 5) is 21.5. The average Bonchev–Trinajstić information content (AvgIpc) is 2.35. The van der Waals surface area contributed by atoms with Crippen LogP contribution in [0.5, 0.6) is 5.75 Å². The predicted octanol–water partition coefficient (Wildman–Crippen LogP) is 0.785. The van der Waals surface area contributed by atoms with Crippen LogP contribution in [0.25, 0.3) is 0 Å². The highest BCUT2D eigenvalue weighted by Gasteiger charge is 2.16. The van der Waals surface area contributed by atoms with Crippen LogP contribution in [0, 0.1) is 0 Å². The fourth-order valence-corrected chi connectivity index (χ4v) is 1.53. The van der Waals surface area contributed by atoms with Crippen molar-refractivity contribution in [2.24, 2.45) is 0 Å². The fraction of sp³-hybridized carbons (Fsp3) is 0.333. The topological polar surface area (TPSA) is 75.6 Å². The average molecular weight is 237 g/mol. The van der Waals surface area contributed by atoms with Crippen molar-refractivity contribution >= 4 is 12.4 Å². The first-order chi connectivity index (χ1) is 8.17. The van der Waals surface area contributed by atoms with Gasteiger partial charge in [-0.15, -0.1) is 0 Å². The number of esters is 1. The molecule has 5 heteroatoms. The molecule has 0 aromatic heterocycles. The van der Waals surface area contributed by atoms with Gasteiger partial charge in [-0.05, 0) is 17.7 Å². The summed E-state index contributed by atoms with van der Waals surface area (Å²) >= 11 is 0. The van der Waals surface area contributed by atoms with E-state index in [2.05, 4.69) is 10.1 Å². The number of carbonyl (C=O) groups is 2. The minimum atomic E-state index is -0.337. The van der Waals surface area contributed by atoms with Crippen molar-refractivity contribution in [2.75, 3.05) is 13.7 Å². The summed E-state index contributed by atoms with van der Waals surface area (Å²) in [5.74, 6) is -0.335. The van der Waals surface area contributed by atoms with E-state index in [-0.39, 0.29) is 24.1 Å². The molecule has 0 aliphatic heterocycles. The largest absolute Gasteiger partial charge is 0.508 e. The molecule has 2 N–H and O–H groups in total. The molecular weight excluding hydrogens is 222 g/mol. The Labute approximate surface area is 99.4 Å². The van der Waals surface area contributed by atoms with Gasteiger partial charge in [0.25, 0.3) is 0 Å². The predicted molar refractivity (Wildman–Crippen MR) is 61.5 cm³/mol. The van der Waals surface area contributed by atoms with E-state index >= 15 is 0 Å². The van der Waals surface area contributed by atoms with Gasteiger partial charge in [0.15, 0.2) is 0 Å². The molecule has 0 bridgehead atoms. The summed E-state index contributed by atoms with van der Waals surface area (Å²) in [6.45, 7) is 0.351. The second-order valence-corrected chi connectivity index (χ2v) is 3.59. The maximum Gasteiger partial charge on any atom is 0.306 e. The van der Waals surface area contributed by atoms with Gasteiger partial charge < -0.3 is 15.2 Å². The number of benzene rings is 1. The lowest BCUT2D eigenvalue weighted by Crippen LogP contribution is -2.22. The number of methoxy groups -OCH3 is 1. The van der Waals surface area contributed by atoms with E-state index in [1.807, 2.05) is 0 Å². The first kappa shape index (κ1) is 13.0. The Kier molecular flexibility index (Phi) is 5.00. The molecule has 0 fully saturated rings. The van der Waals surface area contributed by atoms with Crippen molar-refractivity contribution in [1.29, 1.82) is 0 Å². The van der Waals surface area contributed by atoms with Crippen molar-refractivity contribution in [2.45, 2.75) is 12.3 Å². The van der Waals surface area contributed by atoms with Gasteiger partial charge in [-0.25, -0.2) is 0 Å². The Bertz CT molecular complexity index is 375. The maximum atomic E-state index is 11.2. The van der Waals surface area contributed by atoms with Gasteiger partial charge in [-0.3, -0.25) is 9.59 Å². The Morgan fingerprint density at radius 2 is 2.12 bits per heavy atom. The standard InChI is InChI=1S/C12H15NO4/c1-17-12(16)6-10(7-13-8-14)9-2-4-11(15)5-3-9/h2-5,8,10,15H,6-7H2,1H3,(H,13,14). The van der Waals surface area contributed by atoms with Crippen LogP contribution >= 0.6 is 0 Å². The third-order valence-electron chi connectivity index (χ3n) is 2.45. The molecule has 0 aliphatic rings. The maximum absolute atomic E-state index is 11.2. The number of rotatable bonds is 6. The van der Waals surface area contributed by atoms with Crippen molar-refractivity contribution in [3.63, 3.8) is 0 Å². The molecule has 0 spiro atoms. The number of hydrogen-bond donors (Lipinski definition) is 2. The highest BCUT2D eigenvalue weighted by Crippen LogP contribution is 2.21. The van der Waals surface area contributed by atoms with E-state index in [0.29, 0.717) is 13.0 Å². The van der Waals surface area contributed by atoms with Gasteiger partial charge in [-0.1, -0.05) is 12.1 Å². The number of nitrogens with one attached hydrogen (secondary N) is 1. The van der Waals surface area contributed by atoms with Gasteiger partial charge in [-0.2, -0.15) is 0 Å². The highest BCUT2D eigenvalue weighted by atomic mass is 16.5. The number of amides is 1. The van der Waals surface area contributed by atoms with Crippen LogP contribution in [0.1, 0.15) is 17.9 Å². The molecule has 0 heterocycles. The number of hydrogen-bond acceptors (Lipinski definition) is 4. The second kappa shape index (κ2) is 6.52. The summed E-state index contributed by atoms with van der Waals surface area (Å²) in [7, 11) is 1.32. The molecule has 1 aromatic rings. The molecule has 5 nitrogen and oxygen atoms in total. The lowest BCUT2D eigenvalue weighted by Gasteiger charge is -2.15. The molecule has 1 atom stereocenters. The molecule has 0 saturated heterocycles. The second-order valence-electron chi connectivity index (χ2n) is 3.59. The Morgan fingerprint density at radius 1 is 1.47 bits per heavy atom. The van der Waals surface area contributed by atoms with Gasteiger partial charge in [0.1, 0.15) is 5.75 Å². The molecule has 1 amide bonds. The van der Waals surface area contributed by atoms with E-state index in [1.165, 1.54) is 7.11 Å². The Hall–Kier alpha value is -2.04. The summed E-state index contributed by atoms with van der Waals surface area (Å²) < 4.78 is 4.60. The molecule has 92 valence electrons. The lowest BCUT2D eigenvalue weighted by molar-refractivity contribution is -0.141. The minimum Gasteiger partial charge on any atom is -0.508 e. The summed E-state index contributed by atoms with van der Waals surface area (Å²) in [5, 5.41) is 11.7. The van der Waals surface area contributed by atoms with E-state index < -0.39 is 0 Å². The first-order valence-electron chi connectivity index (χ1n) is 5.20. The fourth-order valence-electron chi connectivity index (χ4n) is 1.53. The monoisotopic (exact) mass is 237 g/mol. The molecular formula is C12H15NO4. The molecule has 1 unspecified atom stereocenters. The summed E-state index contributed by atoms with van der Waals surface area (Å²) in [6.07, 6.45) is 0.771. The third kappa shape index (κ3) is 4.14. The SMILES string of the molecule is COC(=O)CC(CNC=O)c1ccc(O)cc1. The van der Waals surface area contributed by atoms with Crippen LogP contribution in [0.2, 0.25) is 0 Å². The van der Waals surface area contributed by atoms with Gasteiger partial charge in [0, 0.05) is 12.5 Å². The van der Waals surface area contributed by atoms with E-state index in [9.17, 15) is 14.7 Å². The van der Waals surface area contributed by atoms with Crippen LogP contribution in [-0.4, -0.2) is 31.1 Å². The van der Waals surface area contributed by atoms with Gasteiger partial charge >= 0.3 is 5.97 Å². The zero-order valence-electron chi connectivity index (χ0n) is 9.55. The van der Waals surface area contributed by atoms with Crippen LogP contribution in [0.15, 0.2) is 24.3 Å². The van der Waals surface area contributed by atoms with Gasteiger partial charge in [0.2, 0.25) is 6.41 Å². The number of aromatic hydroxyl groups is 1. The quantitative estimate of drug-likeness (QED) is 0.566. The first-order valence-corrected chi connectivity index (χ1v) is 5.20. The van der Waals surface area contributed by atoms with Crippen LogP contribution in [-0.2, 0) is 14.3 Å². The number of ether oxygens (including phenoxy) is 1. The van der Waals surface area contributed by atoms with Crippen LogP contribution in [0.3, 0.4) is 0 Å². The summed E-state index contributed by atoms with van der Waals surface area (Å²) in [6, 6.07) is 6.52. The smallest absolute Gasteiger partial charge is 0.306 e. The highest BCUT2D eigenvalue weighted by molar-refractivity contribution is 5.70. The Balaban J connectivity index is 2.77. The molecule has 0 aliphatic carbocycles. The number of carbonyl (C=O) groups excluding carboxylic acids is 2. The van der Waals surface area contributed by atoms with Gasteiger partial charge in [0.05, 0.1) is 13.5 Å². The van der Waals surface area contributed by atoms with Crippen molar-refractivity contribution < 1.29 is 19.4 Å². The number of phenols is 1. The number of phenolic OH excluding ortho intramolecular Hbond substituents is 1.